The Balaban J connectivity index is 1.36. The van der Waals surface area contributed by atoms with Crippen molar-refractivity contribution in [2.75, 3.05) is 0 Å². The second-order valence-corrected chi connectivity index (χ2v) is 9.51. The normalized spacial score (nSPS) is 27.0. The maximum Gasteiger partial charge on any atom is 0.185 e. The zero-order chi connectivity index (χ0) is 19.1. The van der Waals surface area contributed by atoms with E-state index in [0.717, 1.165) is 22.2 Å². The summed E-state index contributed by atoms with van der Waals surface area (Å²) < 4.78 is 0. The number of benzene rings is 1. The lowest BCUT2D eigenvalue weighted by atomic mass is 9.77. The first kappa shape index (κ1) is 17.8. The van der Waals surface area contributed by atoms with E-state index in [1.165, 1.54) is 25.7 Å². The van der Waals surface area contributed by atoms with Crippen LogP contribution in [-0.4, -0.2) is 42.1 Å². The Kier molecular flexibility index (Phi) is 4.44. The highest BCUT2D eigenvalue weighted by Gasteiger charge is 2.39. The van der Waals surface area contributed by atoms with E-state index in [0.29, 0.717) is 22.7 Å². The highest BCUT2D eigenvalue weighted by Crippen LogP contribution is 2.40. The number of nitrogens with one attached hydrogen (secondary N) is 1. The lowest BCUT2D eigenvalue weighted by Gasteiger charge is -2.47. The molecule has 3 atom stereocenters. The molecule has 2 fully saturated rings. The van der Waals surface area contributed by atoms with Gasteiger partial charge in [0.15, 0.2) is 5.82 Å². The number of rotatable bonds is 3. The van der Waals surface area contributed by atoms with Crippen molar-refractivity contribution in [1.82, 2.24) is 25.5 Å². The molecule has 2 N–H and O–H groups in total. The van der Waals surface area contributed by atoms with Crippen molar-refractivity contribution in [3.05, 3.63) is 36.8 Å². The third-order valence-corrected chi connectivity index (χ3v) is 7.00. The largest absolute Gasteiger partial charge is 0.507 e. The van der Waals surface area contributed by atoms with Crippen molar-refractivity contribution in [3.63, 3.8) is 0 Å². The number of aromatic hydroxyl groups is 1. The quantitative estimate of drug-likeness (QED) is 0.697. The molecule has 5 rings (SSSR count). The van der Waals surface area contributed by atoms with Gasteiger partial charge < -0.3 is 10.4 Å². The number of fused-ring (bicyclic) bond motifs is 3. The summed E-state index contributed by atoms with van der Waals surface area (Å²) in [4.78, 5) is 8.57. The molecule has 0 spiro atoms. The van der Waals surface area contributed by atoms with Gasteiger partial charge in [-0.2, -0.15) is 0 Å². The second-order valence-electron chi connectivity index (χ2n) is 8.19. The molecule has 0 unspecified atom stereocenters. The molecular weight excluding hydrogens is 370 g/mol. The summed E-state index contributed by atoms with van der Waals surface area (Å²) in [5.74, 6) is 0.580. The van der Waals surface area contributed by atoms with E-state index in [-0.39, 0.29) is 11.3 Å². The molecule has 0 saturated carbocycles. The first-order chi connectivity index (χ1) is 13.6. The van der Waals surface area contributed by atoms with E-state index in [9.17, 15) is 5.11 Å². The average Bonchev–Trinajstić information content (AvgIpc) is 2.67. The summed E-state index contributed by atoms with van der Waals surface area (Å²) >= 11 is 1.78. The van der Waals surface area contributed by atoms with Crippen molar-refractivity contribution in [1.29, 1.82) is 0 Å². The zero-order valence-corrected chi connectivity index (χ0v) is 16.6. The summed E-state index contributed by atoms with van der Waals surface area (Å²) in [7, 11) is 0. The molecule has 2 aromatic heterocycles. The number of thioether (sulfide) groups is 1. The minimum atomic E-state index is 0.141. The molecule has 2 aliphatic heterocycles. The highest BCUT2D eigenvalue weighted by atomic mass is 32.2. The fourth-order valence-electron chi connectivity index (χ4n) is 4.62. The van der Waals surface area contributed by atoms with Crippen LogP contribution < -0.4 is 5.32 Å². The number of hydrogen-bond acceptors (Lipinski definition) is 7. The van der Waals surface area contributed by atoms with Crippen LogP contribution in [0, 0.1) is 0 Å². The summed E-state index contributed by atoms with van der Waals surface area (Å²) in [5, 5.41) is 26.1. The fourth-order valence-corrected chi connectivity index (χ4v) is 5.95. The Bertz CT molecular complexity index is 1010. The molecule has 4 heterocycles. The van der Waals surface area contributed by atoms with Crippen LogP contribution in [0.15, 0.2) is 41.8 Å². The molecule has 7 heteroatoms. The van der Waals surface area contributed by atoms with E-state index >= 15 is 0 Å². The van der Waals surface area contributed by atoms with Gasteiger partial charge in [0, 0.05) is 34.6 Å². The number of phenols is 1. The molecule has 2 bridgehead atoms. The smallest absolute Gasteiger partial charge is 0.185 e. The van der Waals surface area contributed by atoms with Crippen LogP contribution in [0.5, 0.6) is 5.75 Å². The number of piperidine rings is 2. The van der Waals surface area contributed by atoms with Crippen LogP contribution in [0.4, 0.5) is 0 Å². The summed E-state index contributed by atoms with van der Waals surface area (Å²) in [6, 6.07) is 6.10. The van der Waals surface area contributed by atoms with E-state index < -0.39 is 0 Å². The van der Waals surface area contributed by atoms with Crippen molar-refractivity contribution in [2.45, 2.75) is 60.9 Å². The van der Waals surface area contributed by atoms with Crippen LogP contribution >= 0.6 is 11.8 Å². The summed E-state index contributed by atoms with van der Waals surface area (Å²) in [6.45, 7) is 2.34. The topological polar surface area (TPSA) is 83.8 Å². The number of phenolic OH excluding ortho intramolecular Hbond substituents is 1. The molecule has 144 valence electrons. The zero-order valence-electron chi connectivity index (χ0n) is 15.8. The van der Waals surface area contributed by atoms with Gasteiger partial charge in [0.05, 0.1) is 11.8 Å². The Morgan fingerprint density at radius 3 is 2.96 bits per heavy atom. The average molecular weight is 394 g/mol. The van der Waals surface area contributed by atoms with Gasteiger partial charge in [0.25, 0.3) is 0 Å². The first-order valence-corrected chi connectivity index (χ1v) is 10.7. The first-order valence-electron chi connectivity index (χ1n) is 9.79. The lowest BCUT2D eigenvalue weighted by molar-refractivity contribution is 0.163. The summed E-state index contributed by atoms with van der Waals surface area (Å²) in [5.41, 5.74) is 0.845. The van der Waals surface area contributed by atoms with Gasteiger partial charge >= 0.3 is 0 Å². The maximum absolute atomic E-state index is 10.4. The Hall–Kier alpha value is -2.25. The van der Waals surface area contributed by atoms with Gasteiger partial charge in [-0.15, -0.1) is 10.2 Å². The third kappa shape index (κ3) is 3.44. The molecular formula is C21H23N5OS. The Labute approximate surface area is 168 Å². The molecule has 28 heavy (non-hydrogen) atoms. The molecule has 1 aromatic carbocycles. The molecule has 6 nitrogen and oxygen atoms in total. The molecule has 0 radical (unpaired) electrons. The number of aromatic nitrogens is 4. The number of hydrogen-bond donors (Lipinski definition) is 2. The second kappa shape index (κ2) is 6.97. The SMILES string of the molecule is C[C@]12CCC[C@H](C[C@@H](Sc3cnc(-c4cc5ccncc5cc4O)nn3)C1)N2. The van der Waals surface area contributed by atoms with Crippen molar-refractivity contribution >= 4 is 22.5 Å². The number of nitrogens with zero attached hydrogens (tertiary/aromatic N) is 4. The molecule has 3 aromatic rings. The Morgan fingerprint density at radius 1 is 1.21 bits per heavy atom. The predicted molar refractivity (Wildman–Crippen MR) is 110 cm³/mol. The van der Waals surface area contributed by atoms with Gasteiger partial charge in [-0.05, 0) is 56.2 Å². The molecule has 0 aliphatic carbocycles. The lowest BCUT2D eigenvalue weighted by Crippen LogP contribution is -2.57. The van der Waals surface area contributed by atoms with Crippen LogP contribution in [0.25, 0.3) is 22.2 Å². The summed E-state index contributed by atoms with van der Waals surface area (Å²) in [6.07, 6.45) is 11.4. The number of pyridine rings is 1. The van der Waals surface area contributed by atoms with Crippen molar-refractivity contribution in [2.24, 2.45) is 0 Å². The van der Waals surface area contributed by atoms with Crippen molar-refractivity contribution < 1.29 is 5.11 Å². The van der Waals surface area contributed by atoms with E-state index in [1.54, 1.807) is 36.4 Å². The predicted octanol–water partition coefficient (Wildman–Crippen LogP) is 3.95. The fraction of sp³-hybridized carbons (Fsp3) is 0.429. The Morgan fingerprint density at radius 2 is 2.14 bits per heavy atom. The van der Waals surface area contributed by atoms with Crippen LogP contribution in [0.2, 0.25) is 0 Å². The van der Waals surface area contributed by atoms with Gasteiger partial charge in [0.1, 0.15) is 10.8 Å². The minimum Gasteiger partial charge on any atom is -0.507 e. The van der Waals surface area contributed by atoms with Gasteiger partial charge in [0.2, 0.25) is 0 Å². The molecule has 2 saturated heterocycles. The third-order valence-electron chi connectivity index (χ3n) is 5.88. The minimum absolute atomic E-state index is 0.141. The van der Waals surface area contributed by atoms with Crippen molar-refractivity contribution in [3.8, 4) is 17.1 Å². The highest BCUT2D eigenvalue weighted by molar-refractivity contribution is 7.99. The van der Waals surface area contributed by atoms with E-state index in [1.807, 2.05) is 12.1 Å². The van der Waals surface area contributed by atoms with Crippen LogP contribution in [0.1, 0.15) is 39.0 Å². The molecule has 2 aliphatic rings. The van der Waals surface area contributed by atoms with E-state index in [2.05, 4.69) is 32.4 Å². The maximum atomic E-state index is 10.4. The van der Waals surface area contributed by atoms with E-state index in [4.69, 9.17) is 0 Å². The molecule has 0 amide bonds. The van der Waals surface area contributed by atoms with Gasteiger partial charge in [-0.3, -0.25) is 4.98 Å². The monoisotopic (exact) mass is 393 g/mol. The standard InChI is InChI=1S/C21H23N5OS/c1-21-5-2-3-15(24-21)9-16(10-21)28-19-12-23-20(26-25-19)17-7-13-4-6-22-11-14(13)8-18(17)27/h4,6-8,11-12,15-16,24,27H,2-3,5,9-10H2,1H3/t15-,16-,21+/m1/s1. The van der Waals surface area contributed by atoms with Gasteiger partial charge in [-0.1, -0.05) is 18.2 Å². The van der Waals surface area contributed by atoms with Gasteiger partial charge in [-0.25, -0.2) is 4.98 Å². The van der Waals surface area contributed by atoms with Crippen LogP contribution in [0.3, 0.4) is 0 Å². The van der Waals surface area contributed by atoms with Crippen LogP contribution in [-0.2, 0) is 0 Å².